The molecule has 94 valence electrons. The highest BCUT2D eigenvalue weighted by Gasteiger charge is 2.15. The van der Waals surface area contributed by atoms with Gasteiger partial charge in [-0.25, -0.2) is 0 Å². The molecule has 0 amide bonds. The Morgan fingerprint density at radius 1 is 1.41 bits per heavy atom. The number of hydrogen-bond donors (Lipinski definition) is 2. The van der Waals surface area contributed by atoms with Crippen LogP contribution in [0.3, 0.4) is 0 Å². The summed E-state index contributed by atoms with van der Waals surface area (Å²) in [6.45, 7) is 5.86. The van der Waals surface area contributed by atoms with Gasteiger partial charge in [-0.1, -0.05) is 12.1 Å². The fraction of sp³-hybridized carbons (Fsp3) is 0.500. The number of nitrogens with zero attached hydrogens (tertiary/aromatic N) is 1. The SMILES string of the molecule is CC(NCC(C)(C)O)c1ccc([N+](=O)[O-])cc1. The Labute approximate surface area is 101 Å². The van der Waals surface area contributed by atoms with E-state index in [2.05, 4.69) is 5.32 Å². The first-order valence-corrected chi connectivity index (χ1v) is 5.50. The van der Waals surface area contributed by atoms with Gasteiger partial charge in [-0.15, -0.1) is 0 Å². The van der Waals surface area contributed by atoms with Crippen molar-refractivity contribution >= 4 is 5.69 Å². The summed E-state index contributed by atoms with van der Waals surface area (Å²) in [6.07, 6.45) is 0. The molecule has 1 aromatic carbocycles. The highest BCUT2D eigenvalue weighted by molar-refractivity contribution is 5.34. The predicted octanol–water partition coefficient (Wildman–Crippen LogP) is 2.02. The lowest BCUT2D eigenvalue weighted by Crippen LogP contribution is -2.36. The topological polar surface area (TPSA) is 75.4 Å². The number of aliphatic hydroxyl groups is 1. The molecule has 5 heteroatoms. The van der Waals surface area contributed by atoms with Crippen molar-refractivity contribution in [3.8, 4) is 0 Å². The van der Waals surface area contributed by atoms with Gasteiger partial charge in [0.25, 0.3) is 5.69 Å². The second-order valence-corrected chi connectivity index (χ2v) is 4.76. The number of benzene rings is 1. The van der Waals surface area contributed by atoms with E-state index in [1.807, 2.05) is 6.92 Å². The Morgan fingerprint density at radius 3 is 2.35 bits per heavy atom. The van der Waals surface area contributed by atoms with Gasteiger partial charge in [0.2, 0.25) is 0 Å². The zero-order valence-corrected chi connectivity index (χ0v) is 10.3. The highest BCUT2D eigenvalue weighted by atomic mass is 16.6. The molecule has 0 saturated carbocycles. The first kappa shape index (κ1) is 13.6. The van der Waals surface area contributed by atoms with Crippen molar-refractivity contribution in [3.05, 3.63) is 39.9 Å². The van der Waals surface area contributed by atoms with Crippen LogP contribution in [0, 0.1) is 10.1 Å². The van der Waals surface area contributed by atoms with E-state index < -0.39 is 10.5 Å². The summed E-state index contributed by atoms with van der Waals surface area (Å²) in [5.41, 5.74) is 0.276. The molecule has 0 aromatic heterocycles. The smallest absolute Gasteiger partial charge is 0.269 e. The molecule has 1 atom stereocenters. The molecule has 0 radical (unpaired) electrons. The zero-order chi connectivity index (χ0) is 13.1. The molecule has 17 heavy (non-hydrogen) atoms. The van der Waals surface area contributed by atoms with Crippen molar-refractivity contribution < 1.29 is 10.0 Å². The van der Waals surface area contributed by atoms with Gasteiger partial charge in [0.05, 0.1) is 10.5 Å². The van der Waals surface area contributed by atoms with E-state index in [4.69, 9.17) is 0 Å². The molecule has 1 unspecified atom stereocenters. The minimum absolute atomic E-state index is 0.0437. The molecule has 0 heterocycles. The number of non-ortho nitro benzene ring substituents is 1. The fourth-order valence-electron chi connectivity index (χ4n) is 1.41. The van der Waals surface area contributed by atoms with Crippen LogP contribution < -0.4 is 5.32 Å². The number of nitro groups is 1. The average molecular weight is 238 g/mol. The van der Waals surface area contributed by atoms with Crippen molar-refractivity contribution in [2.75, 3.05) is 6.54 Å². The quantitative estimate of drug-likeness (QED) is 0.608. The van der Waals surface area contributed by atoms with Crippen molar-refractivity contribution in [1.29, 1.82) is 0 Å². The average Bonchev–Trinajstić information content (AvgIpc) is 2.25. The molecule has 0 aliphatic rings. The molecule has 5 nitrogen and oxygen atoms in total. The van der Waals surface area contributed by atoms with Gasteiger partial charge in [0.15, 0.2) is 0 Å². The molecule has 0 aliphatic carbocycles. The third-order valence-electron chi connectivity index (χ3n) is 2.44. The lowest BCUT2D eigenvalue weighted by atomic mass is 10.1. The van der Waals surface area contributed by atoms with Gasteiger partial charge in [-0.3, -0.25) is 10.1 Å². The standard InChI is InChI=1S/C12H18N2O3/c1-9(13-8-12(2,3)15)10-4-6-11(7-5-10)14(16)17/h4-7,9,13,15H,8H2,1-3H3. The largest absolute Gasteiger partial charge is 0.389 e. The van der Waals surface area contributed by atoms with E-state index >= 15 is 0 Å². The van der Waals surface area contributed by atoms with Crippen LogP contribution in [0.5, 0.6) is 0 Å². The molecular formula is C12H18N2O3. The van der Waals surface area contributed by atoms with Crippen LogP contribution in [0.25, 0.3) is 0 Å². The van der Waals surface area contributed by atoms with Gasteiger partial charge < -0.3 is 10.4 Å². The van der Waals surface area contributed by atoms with E-state index in [1.54, 1.807) is 26.0 Å². The van der Waals surface area contributed by atoms with Crippen molar-refractivity contribution in [2.24, 2.45) is 0 Å². The number of nitro benzene ring substituents is 1. The van der Waals surface area contributed by atoms with Crippen LogP contribution in [0.15, 0.2) is 24.3 Å². The summed E-state index contributed by atoms with van der Waals surface area (Å²) < 4.78 is 0. The van der Waals surface area contributed by atoms with Gasteiger partial charge in [-0.05, 0) is 26.3 Å². The maximum atomic E-state index is 10.5. The Morgan fingerprint density at radius 2 is 1.94 bits per heavy atom. The summed E-state index contributed by atoms with van der Waals surface area (Å²) >= 11 is 0. The zero-order valence-electron chi connectivity index (χ0n) is 10.3. The Kier molecular flexibility index (Phi) is 4.20. The summed E-state index contributed by atoms with van der Waals surface area (Å²) in [4.78, 5) is 10.1. The minimum Gasteiger partial charge on any atom is -0.389 e. The summed E-state index contributed by atoms with van der Waals surface area (Å²) in [5, 5.41) is 23.2. The van der Waals surface area contributed by atoms with Gasteiger partial charge in [-0.2, -0.15) is 0 Å². The monoisotopic (exact) mass is 238 g/mol. The second kappa shape index (κ2) is 5.25. The molecule has 0 aliphatic heterocycles. The highest BCUT2D eigenvalue weighted by Crippen LogP contribution is 2.17. The maximum Gasteiger partial charge on any atom is 0.269 e. The van der Waals surface area contributed by atoms with E-state index in [0.717, 1.165) is 5.56 Å². The van der Waals surface area contributed by atoms with Crippen LogP contribution in [0.2, 0.25) is 0 Å². The normalized spacial score (nSPS) is 13.4. The van der Waals surface area contributed by atoms with Crippen LogP contribution in [0.4, 0.5) is 5.69 Å². The van der Waals surface area contributed by atoms with Gasteiger partial charge in [0, 0.05) is 24.7 Å². The first-order valence-electron chi connectivity index (χ1n) is 5.50. The summed E-state index contributed by atoms with van der Waals surface area (Å²) in [6, 6.07) is 6.46. The number of rotatable bonds is 5. The molecule has 1 aromatic rings. The van der Waals surface area contributed by atoms with Crippen LogP contribution in [0.1, 0.15) is 32.4 Å². The molecule has 1 rings (SSSR count). The van der Waals surface area contributed by atoms with Crippen molar-refractivity contribution in [1.82, 2.24) is 5.32 Å². The van der Waals surface area contributed by atoms with Gasteiger partial charge in [0.1, 0.15) is 0 Å². The number of hydrogen-bond acceptors (Lipinski definition) is 4. The van der Waals surface area contributed by atoms with Crippen LogP contribution >= 0.6 is 0 Å². The van der Waals surface area contributed by atoms with E-state index in [-0.39, 0.29) is 11.7 Å². The maximum absolute atomic E-state index is 10.5. The predicted molar refractivity (Wildman–Crippen MR) is 65.8 cm³/mol. The Hall–Kier alpha value is -1.46. The lowest BCUT2D eigenvalue weighted by Gasteiger charge is -2.21. The van der Waals surface area contributed by atoms with E-state index in [0.29, 0.717) is 6.54 Å². The number of nitrogens with one attached hydrogen (secondary N) is 1. The van der Waals surface area contributed by atoms with E-state index in [9.17, 15) is 15.2 Å². The minimum atomic E-state index is -0.769. The third kappa shape index (κ3) is 4.50. The van der Waals surface area contributed by atoms with Crippen LogP contribution in [-0.2, 0) is 0 Å². The summed E-state index contributed by atoms with van der Waals surface area (Å²) in [7, 11) is 0. The molecule has 0 bridgehead atoms. The lowest BCUT2D eigenvalue weighted by molar-refractivity contribution is -0.384. The van der Waals surface area contributed by atoms with Crippen molar-refractivity contribution in [3.63, 3.8) is 0 Å². The van der Waals surface area contributed by atoms with Crippen LogP contribution in [-0.4, -0.2) is 22.2 Å². The molecular weight excluding hydrogens is 220 g/mol. The first-order chi connectivity index (χ1) is 7.79. The fourth-order valence-corrected chi connectivity index (χ4v) is 1.41. The molecule has 2 N–H and O–H groups in total. The Bertz CT molecular complexity index is 382. The van der Waals surface area contributed by atoms with E-state index in [1.165, 1.54) is 12.1 Å². The molecule has 0 fully saturated rings. The second-order valence-electron chi connectivity index (χ2n) is 4.76. The third-order valence-corrected chi connectivity index (χ3v) is 2.44. The molecule has 0 spiro atoms. The summed E-state index contributed by atoms with van der Waals surface area (Å²) in [5.74, 6) is 0. The molecule has 0 saturated heterocycles. The van der Waals surface area contributed by atoms with Gasteiger partial charge >= 0.3 is 0 Å². The van der Waals surface area contributed by atoms with Crippen molar-refractivity contribution in [2.45, 2.75) is 32.4 Å². The Balaban J connectivity index is 2.63.